The Morgan fingerprint density at radius 2 is 1.75 bits per heavy atom. The van der Waals surface area contributed by atoms with Crippen LogP contribution in [0.2, 0.25) is 0 Å². The van der Waals surface area contributed by atoms with Gasteiger partial charge in [-0.2, -0.15) is 0 Å². The van der Waals surface area contributed by atoms with E-state index >= 15 is 0 Å². The van der Waals surface area contributed by atoms with Gasteiger partial charge in [0.1, 0.15) is 5.82 Å². The number of ether oxygens (including phenoxy) is 2. The molecule has 7 heteroatoms. The Balaban J connectivity index is 1.64. The van der Waals surface area contributed by atoms with Crippen LogP contribution in [0, 0.1) is 5.82 Å². The zero-order valence-corrected chi connectivity index (χ0v) is 18.0. The first kappa shape index (κ1) is 21.5. The summed E-state index contributed by atoms with van der Waals surface area (Å²) in [5.74, 6) is 0.933. The number of rotatable bonds is 8. The first-order valence-electron chi connectivity index (χ1n) is 10.2. The van der Waals surface area contributed by atoms with Crippen LogP contribution in [0.5, 0.6) is 11.5 Å². The van der Waals surface area contributed by atoms with E-state index in [0.717, 1.165) is 16.5 Å². The molecule has 0 fully saturated rings. The number of hydrogen-bond donors (Lipinski definition) is 1. The summed E-state index contributed by atoms with van der Waals surface area (Å²) in [6, 6.07) is 15.7. The molecule has 0 amide bonds. The average Bonchev–Trinajstić information content (AvgIpc) is 2.82. The Kier molecular flexibility index (Phi) is 6.47. The number of aromatic nitrogens is 2. The standard InChI is InChI=1S/C25H24FN3O3/c1-31-23-5-3-4-19(24(23)32-2)14-28-15-20-12-18-6-7-21(26)13-22(18)29(25(20)30)16-17-8-10-27-11-9-17/h3-13,28H,14-16H2,1-2H3. The van der Waals surface area contributed by atoms with Gasteiger partial charge in [-0.05, 0) is 53.4 Å². The Hall–Kier alpha value is -3.71. The molecule has 0 aliphatic rings. The SMILES string of the molecule is COc1cccc(CNCc2cc3ccc(F)cc3n(Cc3ccncc3)c2=O)c1OC. The molecule has 2 aromatic heterocycles. The lowest BCUT2D eigenvalue weighted by Gasteiger charge is -2.15. The van der Waals surface area contributed by atoms with Gasteiger partial charge in [-0.25, -0.2) is 4.39 Å². The second-order valence-corrected chi connectivity index (χ2v) is 7.38. The van der Waals surface area contributed by atoms with Crippen molar-refractivity contribution in [2.75, 3.05) is 14.2 Å². The van der Waals surface area contributed by atoms with Crippen LogP contribution < -0.4 is 20.3 Å². The fourth-order valence-corrected chi connectivity index (χ4v) is 3.78. The molecule has 0 bridgehead atoms. The fraction of sp³-hybridized carbons (Fsp3) is 0.200. The Morgan fingerprint density at radius 1 is 0.969 bits per heavy atom. The smallest absolute Gasteiger partial charge is 0.255 e. The van der Waals surface area contributed by atoms with Gasteiger partial charge in [-0.15, -0.1) is 0 Å². The molecule has 2 aromatic carbocycles. The van der Waals surface area contributed by atoms with Crippen LogP contribution in [0.25, 0.3) is 10.9 Å². The van der Waals surface area contributed by atoms with Crippen molar-refractivity contribution in [3.8, 4) is 11.5 Å². The molecule has 2 heterocycles. The molecule has 6 nitrogen and oxygen atoms in total. The summed E-state index contributed by atoms with van der Waals surface area (Å²) in [5.41, 5.74) is 2.83. The van der Waals surface area contributed by atoms with E-state index in [0.29, 0.717) is 42.2 Å². The molecule has 0 spiro atoms. The quantitative estimate of drug-likeness (QED) is 0.457. The molecule has 0 saturated carbocycles. The van der Waals surface area contributed by atoms with E-state index in [4.69, 9.17) is 9.47 Å². The molecule has 0 atom stereocenters. The first-order valence-corrected chi connectivity index (χ1v) is 10.2. The van der Waals surface area contributed by atoms with Crippen LogP contribution in [-0.4, -0.2) is 23.8 Å². The monoisotopic (exact) mass is 433 g/mol. The number of benzene rings is 2. The minimum Gasteiger partial charge on any atom is -0.493 e. The zero-order chi connectivity index (χ0) is 22.5. The summed E-state index contributed by atoms with van der Waals surface area (Å²) in [6.45, 7) is 1.17. The number of methoxy groups -OCH3 is 2. The molecule has 0 saturated heterocycles. The lowest BCUT2D eigenvalue weighted by atomic mass is 10.1. The van der Waals surface area contributed by atoms with Crippen molar-refractivity contribution in [2.24, 2.45) is 0 Å². The summed E-state index contributed by atoms with van der Waals surface area (Å²) in [5, 5.41) is 4.12. The van der Waals surface area contributed by atoms with Crippen molar-refractivity contribution in [1.82, 2.24) is 14.9 Å². The van der Waals surface area contributed by atoms with Gasteiger partial charge in [0.2, 0.25) is 0 Å². The van der Waals surface area contributed by atoms with Crippen molar-refractivity contribution in [2.45, 2.75) is 19.6 Å². The number of nitrogens with one attached hydrogen (secondary N) is 1. The number of halogens is 1. The van der Waals surface area contributed by atoms with Crippen LogP contribution >= 0.6 is 0 Å². The molecule has 0 radical (unpaired) electrons. The largest absolute Gasteiger partial charge is 0.493 e. The number of para-hydroxylation sites is 1. The summed E-state index contributed by atoms with van der Waals surface area (Å²) in [7, 11) is 3.19. The van der Waals surface area contributed by atoms with Crippen molar-refractivity contribution in [3.05, 3.63) is 99.9 Å². The van der Waals surface area contributed by atoms with Crippen LogP contribution in [0.4, 0.5) is 4.39 Å². The zero-order valence-electron chi connectivity index (χ0n) is 18.0. The van der Waals surface area contributed by atoms with Crippen molar-refractivity contribution in [3.63, 3.8) is 0 Å². The van der Waals surface area contributed by atoms with Crippen LogP contribution in [0.3, 0.4) is 0 Å². The molecule has 0 aliphatic carbocycles. The lowest BCUT2D eigenvalue weighted by Crippen LogP contribution is -2.28. The maximum absolute atomic E-state index is 14.0. The fourth-order valence-electron chi connectivity index (χ4n) is 3.78. The molecule has 0 unspecified atom stereocenters. The third-order valence-electron chi connectivity index (χ3n) is 5.34. The minimum absolute atomic E-state index is 0.162. The highest BCUT2D eigenvalue weighted by Gasteiger charge is 2.13. The molecule has 0 aliphatic heterocycles. The van der Waals surface area contributed by atoms with Gasteiger partial charge < -0.3 is 19.4 Å². The predicted molar refractivity (Wildman–Crippen MR) is 122 cm³/mol. The summed E-state index contributed by atoms with van der Waals surface area (Å²) >= 11 is 0. The second kappa shape index (κ2) is 9.62. The van der Waals surface area contributed by atoms with Crippen molar-refractivity contribution in [1.29, 1.82) is 0 Å². The summed E-state index contributed by atoms with van der Waals surface area (Å²) < 4.78 is 26.4. The molecule has 4 rings (SSSR count). The maximum Gasteiger partial charge on any atom is 0.255 e. The third kappa shape index (κ3) is 4.48. The van der Waals surface area contributed by atoms with Crippen LogP contribution in [0.1, 0.15) is 16.7 Å². The third-order valence-corrected chi connectivity index (χ3v) is 5.34. The number of hydrogen-bond acceptors (Lipinski definition) is 5. The van der Waals surface area contributed by atoms with E-state index in [1.54, 1.807) is 37.2 Å². The Bertz CT molecular complexity index is 1290. The van der Waals surface area contributed by atoms with Gasteiger partial charge in [-0.3, -0.25) is 9.78 Å². The van der Waals surface area contributed by atoms with E-state index in [9.17, 15) is 9.18 Å². The van der Waals surface area contributed by atoms with Gasteiger partial charge in [0, 0.05) is 36.6 Å². The molecule has 164 valence electrons. The van der Waals surface area contributed by atoms with Crippen LogP contribution in [-0.2, 0) is 19.6 Å². The molecular weight excluding hydrogens is 409 g/mol. The highest BCUT2D eigenvalue weighted by Crippen LogP contribution is 2.30. The lowest BCUT2D eigenvalue weighted by molar-refractivity contribution is 0.350. The minimum atomic E-state index is -0.378. The van der Waals surface area contributed by atoms with E-state index in [2.05, 4.69) is 10.3 Å². The Morgan fingerprint density at radius 3 is 2.50 bits per heavy atom. The van der Waals surface area contributed by atoms with E-state index < -0.39 is 0 Å². The molecule has 32 heavy (non-hydrogen) atoms. The normalized spacial score (nSPS) is 11.0. The maximum atomic E-state index is 14.0. The second-order valence-electron chi connectivity index (χ2n) is 7.38. The summed E-state index contributed by atoms with van der Waals surface area (Å²) in [4.78, 5) is 17.3. The molecule has 1 N–H and O–H groups in total. The van der Waals surface area contributed by atoms with Crippen molar-refractivity contribution < 1.29 is 13.9 Å². The number of pyridine rings is 2. The van der Waals surface area contributed by atoms with Gasteiger partial charge in [-0.1, -0.05) is 12.1 Å². The van der Waals surface area contributed by atoms with E-state index in [-0.39, 0.29) is 11.4 Å². The van der Waals surface area contributed by atoms with Gasteiger partial charge in [0.05, 0.1) is 26.3 Å². The van der Waals surface area contributed by atoms with Crippen LogP contribution in [0.15, 0.2) is 71.8 Å². The van der Waals surface area contributed by atoms with Gasteiger partial charge in [0.25, 0.3) is 5.56 Å². The van der Waals surface area contributed by atoms with Gasteiger partial charge >= 0.3 is 0 Å². The molecule has 4 aromatic rings. The van der Waals surface area contributed by atoms with Gasteiger partial charge in [0.15, 0.2) is 11.5 Å². The highest BCUT2D eigenvalue weighted by molar-refractivity contribution is 5.79. The predicted octanol–water partition coefficient (Wildman–Crippen LogP) is 3.89. The number of nitrogens with zero attached hydrogens (tertiary/aromatic N) is 2. The number of fused-ring (bicyclic) bond motifs is 1. The van der Waals surface area contributed by atoms with E-state index in [1.165, 1.54) is 12.1 Å². The first-order chi connectivity index (χ1) is 15.6. The summed E-state index contributed by atoms with van der Waals surface area (Å²) in [6.07, 6.45) is 3.35. The van der Waals surface area contributed by atoms with E-state index in [1.807, 2.05) is 36.4 Å². The topological polar surface area (TPSA) is 65.4 Å². The Labute approximate surface area is 185 Å². The highest BCUT2D eigenvalue weighted by atomic mass is 19.1. The average molecular weight is 433 g/mol. The molecular formula is C25H24FN3O3. The van der Waals surface area contributed by atoms with Crippen molar-refractivity contribution >= 4 is 10.9 Å².